The lowest BCUT2D eigenvalue weighted by Crippen LogP contribution is -2.48. The van der Waals surface area contributed by atoms with Crippen molar-refractivity contribution in [3.8, 4) is 11.5 Å². The van der Waals surface area contributed by atoms with Crippen LogP contribution in [0.2, 0.25) is 0 Å². The van der Waals surface area contributed by atoms with Crippen LogP contribution >= 0.6 is 0 Å². The van der Waals surface area contributed by atoms with E-state index in [2.05, 4.69) is 25.7 Å². The Morgan fingerprint density at radius 3 is 2.53 bits per heavy atom. The van der Waals surface area contributed by atoms with Gasteiger partial charge in [-0.25, -0.2) is 0 Å². The third-order valence-electron chi connectivity index (χ3n) is 3.46. The van der Waals surface area contributed by atoms with Gasteiger partial charge in [-0.3, -0.25) is 4.90 Å². The van der Waals surface area contributed by atoms with Gasteiger partial charge in [-0.1, -0.05) is 26.0 Å². The van der Waals surface area contributed by atoms with E-state index in [4.69, 9.17) is 9.47 Å². The Hall–Kier alpha value is -1.22. The molecule has 2 rings (SSSR count). The molecule has 0 amide bonds. The molecule has 3 nitrogen and oxygen atoms in total. The van der Waals surface area contributed by atoms with Gasteiger partial charge in [-0.05, 0) is 32.1 Å². The van der Waals surface area contributed by atoms with Crippen LogP contribution in [0.15, 0.2) is 24.3 Å². The van der Waals surface area contributed by atoms with Crippen molar-refractivity contribution < 1.29 is 9.47 Å². The van der Waals surface area contributed by atoms with Crippen molar-refractivity contribution in [2.75, 3.05) is 19.7 Å². The van der Waals surface area contributed by atoms with Crippen molar-refractivity contribution in [1.82, 2.24) is 4.90 Å². The molecule has 1 aromatic rings. The molecule has 0 fully saturated rings. The first-order valence-corrected chi connectivity index (χ1v) is 6.38. The molecule has 1 aliphatic heterocycles. The van der Waals surface area contributed by atoms with E-state index in [0.717, 1.165) is 24.6 Å². The molecule has 0 saturated heterocycles. The highest BCUT2D eigenvalue weighted by Crippen LogP contribution is 2.32. The monoisotopic (exact) mass is 235 g/mol. The zero-order chi connectivity index (χ0) is 12.3. The fourth-order valence-corrected chi connectivity index (χ4v) is 2.31. The molecule has 1 heterocycles. The molecule has 0 aromatic heterocycles. The molecule has 0 N–H and O–H groups in total. The van der Waals surface area contributed by atoms with Crippen molar-refractivity contribution in [3.63, 3.8) is 0 Å². The number of ether oxygens (including phenoxy) is 2. The molecule has 17 heavy (non-hydrogen) atoms. The van der Waals surface area contributed by atoms with Crippen LogP contribution in [0.25, 0.3) is 0 Å². The summed E-state index contributed by atoms with van der Waals surface area (Å²) < 4.78 is 11.8. The Morgan fingerprint density at radius 1 is 1.24 bits per heavy atom. The molecule has 0 radical (unpaired) electrons. The van der Waals surface area contributed by atoms with E-state index in [0.29, 0.717) is 12.6 Å². The van der Waals surface area contributed by atoms with E-state index in [1.165, 1.54) is 0 Å². The molecule has 0 aliphatic carbocycles. The fourth-order valence-electron chi connectivity index (χ4n) is 2.31. The molecule has 2 atom stereocenters. The zero-order valence-electron chi connectivity index (χ0n) is 10.8. The summed E-state index contributed by atoms with van der Waals surface area (Å²) in [7, 11) is 0. The highest BCUT2D eigenvalue weighted by molar-refractivity contribution is 5.40. The van der Waals surface area contributed by atoms with Gasteiger partial charge in [-0.15, -0.1) is 0 Å². The van der Waals surface area contributed by atoms with Crippen LogP contribution in [0.3, 0.4) is 0 Å². The van der Waals surface area contributed by atoms with E-state index in [1.807, 2.05) is 24.3 Å². The second-order valence-corrected chi connectivity index (χ2v) is 4.38. The van der Waals surface area contributed by atoms with Gasteiger partial charge in [0.05, 0.1) is 0 Å². The van der Waals surface area contributed by atoms with Crippen LogP contribution in [0, 0.1) is 0 Å². The zero-order valence-corrected chi connectivity index (χ0v) is 10.8. The number of rotatable bonds is 4. The second-order valence-electron chi connectivity index (χ2n) is 4.38. The molecular formula is C14H21NO2. The third kappa shape index (κ3) is 2.55. The number of nitrogens with zero attached hydrogens (tertiary/aromatic N) is 1. The average molecular weight is 235 g/mol. The molecule has 0 bridgehead atoms. The van der Waals surface area contributed by atoms with Gasteiger partial charge in [0.15, 0.2) is 11.5 Å². The van der Waals surface area contributed by atoms with Gasteiger partial charge in [-0.2, -0.15) is 0 Å². The average Bonchev–Trinajstić information content (AvgIpc) is 2.39. The van der Waals surface area contributed by atoms with Crippen molar-refractivity contribution in [2.45, 2.75) is 32.9 Å². The molecule has 0 saturated carbocycles. The van der Waals surface area contributed by atoms with Gasteiger partial charge < -0.3 is 9.47 Å². The minimum Gasteiger partial charge on any atom is -0.486 e. The van der Waals surface area contributed by atoms with Crippen LogP contribution in [0.5, 0.6) is 11.5 Å². The first kappa shape index (κ1) is 12.2. The Morgan fingerprint density at radius 2 is 1.88 bits per heavy atom. The standard InChI is InChI=1S/C14H21NO2/c1-4-15(5-2)11(3)14-10-16-12-8-6-7-9-13(12)17-14/h6-9,11,14H,4-5,10H2,1-3H3/t11-,14+/m1/s1. The third-order valence-corrected chi connectivity index (χ3v) is 3.46. The maximum absolute atomic E-state index is 6.01. The first-order valence-electron chi connectivity index (χ1n) is 6.38. The number of hydrogen-bond donors (Lipinski definition) is 0. The van der Waals surface area contributed by atoms with Crippen LogP contribution in [-0.4, -0.2) is 36.7 Å². The summed E-state index contributed by atoms with van der Waals surface area (Å²) in [6, 6.07) is 8.24. The molecule has 0 unspecified atom stereocenters. The maximum atomic E-state index is 6.01. The summed E-state index contributed by atoms with van der Waals surface area (Å²) in [6.07, 6.45) is 0.116. The number of benzene rings is 1. The largest absolute Gasteiger partial charge is 0.486 e. The Balaban J connectivity index is 2.07. The predicted octanol–water partition coefficient (Wildman–Crippen LogP) is 2.56. The Kier molecular flexibility index (Phi) is 3.89. The summed E-state index contributed by atoms with van der Waals surface area (Å²) in [5, 5.41) is 0. The molecular weight excluding hydrogens is 214 g/mol. The number of likely N-dealkylation sites (N-methyl/N-ethyl adjacent to an activating group) is 1. The topological polar surface area (TPSA) is 21.7 Å². The van der Waals surface area contributed by atoms with E-state index in [-0.39, 0.29) is 6.10 Å². The van der Waals surface area contributed by atoms with Crippen molar-refractivity contribution >= 4 is 0 Å². The Bertz CT molecular complexity index is 363. The molecule has 3 heteroatoms. The lowest BCUT2D eigenvalue weighted by Gasteiger charge is -2.36. The van der Waals surface area contributed by atoms with Crippen LogP contribution < -0.4 is 9.47 Å². The van der Waals surface area contributed by atoms with E-state index in [9.17, 15) is 0 Å². The summed E-state index contributed by atoms with van der Waals surface area (Å²) >= 11 is 0. The summed E-state index contributed by atoms with van der Waals surface area (Å²) in [5.74, 6) is 1.72. The highest BCUT2D eigenvalue weighted by Gasteiger charge is 2.28. The lowest BCUT2D eigenvalue weighted by molar-refractivity contribution is 0.0241. The SMILES string of the molecule is CCN(CC)[C@H](C)[C@@H]1COc2ccccc2O1. The summed E-state index contributed by atoms with van der Waals surface area (Å²) in [4.78, 5) is 2.39. The first-order chi connectivity index (χ1) is 8.26. The number of hydrogen-bond acceptors (Lipinski definition) is 3. The molecule has 0 spiro atoms. The van der Waals surface area contributed by atoms with Gasteiger partial charge in [0, 0.05) is 6.04 Å². The van der Waals surface area contributed by atoms with Gasteiger partial charge in [0.1, 0.15) is 12.7 Å². The maximum Gasteiger partial charge on any atom is 0.161 e. The van der Waals surface area contributed by atoms with Crippen molar-refractivity contribution in [1.29, 1.82) is 0 Å². The minimum atomic E-state index is 0.116. The smallest absolute Gasteiger partial charge is 0.161 e. The molecule has 94 valence electrons. The second kappa shape index (κ2) is 5.41. The predicted molar refractivity (Wildman–Crippen MR) is 68.7 cm³/mol. The normalized spacial score (nSPS) is 20.4. The lowest BCUT2D eigenvalue weighted by atomic mass is 10.1. The van der Waals surface area contributed by atoms with Crippen molar-refractivity contribution in [2.24, 2.45) is 0 Å². The Labute approximate surface area is 103 Å². The quantitative estimate of drug-likeness (QED) is 0.800. The van der Waals surface area contributed by atoms with E-state index >= 15 is 0 Å². The molecule has 1 aliphatic rings. The van der Waals surface area contributed by atoms with Crippen LogP contribution in [-0.2, 0) is 0 Å². The highest BCUT2D eigenvalue weighted by atomic mass is 16.6. The van der Waals surface area contributed by atoms with Gasteiger partial charge >= 0.3 is 0 Å². The van der Waals surface area contributed by atoms with Crippen molar-refractivity contribution in [3.05, 3.63) is 24.3 Å². The van der Waals surface area contributed by atoms with E-state index in [1.54, 1.807) is 0 Å². The van der Waals surface area contributed by atoms with E-state index < -0.39 is 0 Å². The van der Waals surface area contributed by atoms with Gasteiger partial charge in [0.2, 0.25) is 0 Å². The number of para-hydroxylation sites is 2. The summed E-state index contributed by atoms with van der Waals surface area (Å²) in [5.41, 5.74) is 0. The van der Waals surface area contributed by atoms with Crippen LogP contribution in [0.1, 0.15) is 20.8 Å². The van der Waals surface area contributed by atoms with Crippen LogP contribution in [0.4, 0.5) is 0 Å². The summed E-state index contributed by atoms with van der Waals surface area (Å²) in [6.45, 7) is 9.28. The van der Waals surface area contributed by atoms with Gasteiger partial charge in [0.25, 0.3) is 0 Å². The number of fused-ring (bicyclic) bond motifs is 1. The fraction of sp³-hybridized carbons (Fsp3) is 0.571. The minimum absolute atomic E-state index is 0.116. The molecule has 1 aromatic carbocycles.